The number of nitrogens with one attached hydrogen (secondary N) is 1. The van der Waals surface area contributed by atoms with Crippen LogP contribution < -0.4 is 5.32 Å². The topological polar surface area (TPSA) is 69.0 Å². The molecule has 0 radical (unpaired) electrons. The summed E-state index contributed by atoms with van der Waals surface area (Å²) in [5.74, 6) is -0.468. The highest BCUT2D eigenvalue weighted by Crippen LogP contribution is 2.33. The van der Waals surface area contributed by atoms with Gasteiger partial charge in [0.05, 0.1) is 16.4 Å². The molecule has 1 aromatic carbocycles. The minimum Gasteiger partial charge on any atom is -0.310 e. The molecule has 130 valence electrons. The Bertz CT molecular complexity index is 810. The van der Waals surface area contributed by atoms with Gasteiger partial charge in [0, 0.05) is 19.3 Å². The minimum absolute atomic E-state index is 0.203. The van der Waals surface area contributed by atoms with E-state index in [1.165, 1.54) is 34.6 Å². The van der Waals surface area contributed by atoms with Gasteiger partial charge in [0.1, 0.15) is 0 Å². The van der Waals surface area contributed by atoms with E-state index < -0.39 is 11.7 Å². The largest absolute Gasteiger partial charge is 0.416 e. The predicted molar refractivity (Wildman–Crippen MR) is 86.5 cm³/mol. The van der Waals surface area contributed by atoms with Gasteiger partial charge in [-0.05, 0) is 24.1 Å². The van der Waals surface area contributed by atoms with Crippen molar-refractivity contribution in [3.05, 3.63) is 36.0 Å². The van der Waals surface area contributed by atoms with Crippen LogP contribution in [0.4, 0.5) is 18.3 Å². The zero-order chi connectivity index (χ0) is 18.0. The maximum atomic E-state index is 12.6. The summed E-state index contributed by atoms with van der Waals surface area (Å²) in [5.41, 5.74) is -0.111. The predicted octanol–water partition coefficient (Wildman–Crippen LogP) is 3.57. The molecule has 1 fully saturated rings. The lowest BCUT2D eigenvalue weighted by atomic mass is 10.1. The third-order valence-corrected chi connectivity index (χ3v) is 4.89. The summed E-state index contributed by atoms with van der Waals surface area (Å²) in [6.07, 6.45) is -0.237. The van der Waals surface area contributed by atoms with Crippen molar-refractivity contribution in [1.29, 1.82) is 5.26 Å². The van der Waals surface area contributed by atoms with Crippen molar-refractivity contribution in [3.63, 3.8) is 0 Å². The Hall–Kier alpha value is -2.60. The third-order valence-electron chi connectivity index (χ3n) is 3.93. The Labute approximate surface area is 145 Å². The molecule has 2 aromatic rings. The van der Waals surface area contributed by atoms with E-state index in [0.29, 0.717) is 35.1 Å². The molecule has 1 atom stereocenters. The van der Waals surface area contributed by atoms with Crippen molar-refractivity contribution in [2.75, 3.05) is 18.4 Å². The summed E-state index contributed by atoms with van der Waals surface area (Å²) >= 11 is 1.19. The van der Waals surface area contributed by atoms with Crippen LogP contribution in [0, 0.1) is 17.4 Å². The molecule has 1 N–H and O–H groups in total. The van der Waals surface area contributed by atoms with Crippen LogP contribution in [-0.4, -0.2) is 28.9 Å². The second-order valence-corrected chi connectivity index (χ2v) is 6.66. The quantitative estimate of drug-likeness (QED) is 0.843. The monoisotopic (exact) mass is 366 g/mol. The average Bonchev–Trinajstić information content (AvgIpc) is 3.23. The van der Waals surface area contributed by atoms with Gasteiger partial charge in [-0.2, -0.15) is 18.4 Å². The Morgan fingerprint density at radius 3 is 2.68 bits per heavy atom. The molecule has 0 aliphatic carbocycles. The number of carbonyl (C=O) groups excluding carboxylic acids is 1. The SMILES string of the molecule is N#CN1CCC(C(=O)Nc2ncc(-c3ccc(C(F)(F)F)cc3)s2)C1. The number of hydrogen-bond acceptors (Lipinski definition) is 5. The molecule has 0 saturated carbocycles. The lowest BCUT2D eigenvalue weighted by Gasteiger charge is -2.08. The zero-order valence-corrected chi connectivity index (χ0v) is 13.7. The first kappa shape index (κ1) is 17.2. The van der Waals surface area contributed by atoms with Crippen LogP contribution in [0.15, 0.2) is 30.5 Å². The molecular formula is C16H13F3N4OS. The number of halogens is 3. The fourth-order valence-electron chi connectivity index (χ4n) is 2.56. The zero-order valence-electron chi connectivity index (χ0n) is 12.9. The molecule has 1 unspecified atom stereocenters. The Kier molecular flexibility index (Phi) is 4.63. The van der Waals surface area contributed by atoms with Gasteiger partial charge in [0.15, 0.2) is 11.3 Å². The second-order valence-electron chi connectivity index (χ2n) is 5.63. The highest BCUT2D eigenvalue weighted by molar-refractivity contribution is 7.19. The molecule has 1 aliphatic rings. The van der Waals surface area contributed by atoms with E-state index in [4.69, 9.17) is 5.26 Å². The van der Waals surface area contributed by atoms with Gasteiger partial charge in [-0.15, -0.1) is 0 Å². The van der Waals surface area contributed by atoms with Crippen molar-refractivity contribution in [3.8, 4) is 16.6 Å². The molecule has 1 aliphatic heterocycles. The van der Waals surface area contributed by atoms with Gasteiger partial charge >= 0.3 is 6.18 Å². The summed E-state index contributed by atoms with van der Waals surface area (Å²) in [6.45, 7) is 0.947. The van der Waals surface area contributed by atoms with E-state index in [1.54, 1.807) is 0 Å². The summed E-state index contributed by atoms with van der Waals surface area (Å²) in [4.78, 5) is 18.5. The van der Waals surface area contributed by atoms with E-state index in [-0.39, 0.29) is 11.8 Å². The number of amides is 1. The molecule has 0 bridgehead atoms. The van der Waals surface area contributed by atoms with Gasteiger partial charge in [0.2, 0.25) is 5.91 Å². The Balaban J connectivity index is 1.66. The standard InChI is InChI=1S/C16H13F3N4OS/c17-16(18,19)12-3-1-10(2-4-12)13-7-21-15(25-13)22-14(24)11-5-6-23(8-11)9-20/h1-4,7,11H,5-6,8H2,(H,21,22,24). The van der Waals surface area contributed by atoms with Crippen LogP contribution in [0.25, 0.3) is 10.4 Å². The van der Waals surface area contributed by atoms with Crippen LogP contribution in [0.1, 0.15) is 12.0 Å². The number of carbonyl (C=O) groups is 1. The number of nitrogens with zero attached hydrogens (tertiary/aromatic N) is 3. The smallest absolute Gasteiger partial charge is 0.310 e. The maximum Gasteiger partial charge on any atom is 0.416 e. The first-order chi connectivity index (χ1) is 11.9. The molecule has 1 aromatic heterocycles. The molecule has 2 heterocycles. The molecule has 0 spiro atoms. The normalized spacial score (nSPS) is 17.4. The number of thiazole rings is 1. The van der Waals surface area contributed by atoms with E-state index in [0.717, 1.165) is 12.1 Å². The van der Waals surface area contributed by atoms with Crippen LogP contribution >= 0.6 is 11.3 Å². The highest BCUT2D eigenvalue weighted by Gasteiger charge is 2.30. The molecule has 25 heavy (non-hydrogen) atoms. The molecule has 1 saturated heterocycles. The lowest BCUT2D eigenvalue weighted by Crippen LogP contribution is -2.25. The van der Waals surface area contributed by atoms with Crippen molar-refractivity contribution >= 4 is 22.4 Å². The maximum absolute atomic E-state index is 12.6. The highest BCUT2D eigenvalue weighted by atomic mass is 32.1. The number of rotatable bonds is 3. The van der Waals surface area contributed by atoms with Gasteiger partial charge in [-0.1, -0.05) is 23.5 Å². The summed E-state index contributed by atoms with van der Waals surface area (Å²) in [5, 5.41) is 11.9. The van der Waals surface area contributed by atoms with Gasteiger partial charge < -0.3 is 10.2 Å². The number of hydrogen-bond donors (Lipinski definition) is 1. The summed E-state index contributed by atoms with van der Waals surface area (Å²) < 4.78 is 37.8. The summed E-state index contributed by atoms with van der Waals surface area (Å²) in [7, 11) is 0. The lowest BCUT2D eigenvalue weighted by molar-refractivity contribution is -0.137. The van der Waals surface area contributed by atoms with Crippen LogP contribution in [0.2, 0.25) is 0 Å². The van der Waals surface area contributed by atoms with Crippen molar-refractivity contribution in [2.45, 2.75) is 12.6 Å². The van der Waals surface area contributed by atoms with Crippen LogP contribution in [0.5, 0.6) is 0 Å². The Morgan fingerprint density at radius 2 is 2.08 bits per heavy atom. The molecule has 3 rings (SSSR count). The molecule has 1 amide bonds. The number of anilines is 1. The average molecular weight is 366 g/mol. The summed E-state index contributed by atoms with van der Waals surface area (Å²) in [6, 6.07) is 4.79. The van der Waals surface area contributed by atoms with Crippen molar-refractivity contribution in [2.24, 2.45) is 5.92 Å². The van der Waals surface area contributed by atoms with E-state index >= 15 is 0 Å². The molecule has 5 nitrogen and oxygen atoms in total. The van der Waals surface area contributed by atoms with Crippen molar-refractivity contribution < 1.29 is 18.0 Å². The van der Waals surface area contributed by atoms with E-state index in [1.807, 2.05) is 6.19 Å². The first-order valence-electron chi connectivity index (χ1n) is 7.46. The number of likely N-dealkylation sites (tertiary alicyclic amines) is 1. The molecule has 9 heteroatoms. The number of aromatic nitrogens is 1. The van der Waals surface area contributed by atoms with E-state index in [2.05, 4.69) is 10.3 Å². The van der Waals surface area contributed by atoms with Crippen LogP contribution in [0.3, 0.4) is 0 Å². The van der Waals surface area contributed by atoms with Gasteiger partial charge in [-0.3, -0.25) is 4.79 Å². The van der Waals surface area contributed by atoms with Gasteiger partial charge in [0.25, 0.3) is 0 Å². The van der Waals surface area contributed by atoms with E-state index in [9.17, 15) is 18.0 Å². The van der Waals surface area contributed by atoms with Crippen molar-refractivity contribution in [1.82, 2.24) is 9.88 Å². The first-order valence-corrected chi connectivity index (χ1v) is 8.27. The number of nitriles is 1. The van der Waals surface area contributed by atoms with Crippen LogP contribution in [-0.2, 0) is 11.0 Å². The minimum atomic E-state index is -4.37. The second kappa shape index (κ2) is 6.72. The number of benzene rings is 1. The van der Waals surface area contributed by atoms with Gasteiger partial charge in [-0.25, -0.2) is 4.98 Å². The third kappa shape index (κ3) is 3.91. The molecular weight excluding hydrogens is 353 g/mol. The number of alkyl halides is 3. The fraction of sp³-hybridized carbons (Fsp3) is 0.312. The fourth-order valence-corrected chi connectivity index (χ4v) is 3.39. The Morgan fingerprint density at radius 1 is 1.36 bits per heavy atom.